The molecule has 3 heteroatoms. The van der Waals surface area contributed by atoms with Gasteiger partial charge in [0, 0.05) is 6.07 Å². The predicted molar refractivity (Wildman–Crippen MR) is 46.0 cm³/mol. The quantitative estimate of drug-likeness (QED) is 0.650. The Morgan fingerprint density at radius 3 is 2.42 bits per heavy atom. The van der Waals surface area contributed by atoms with Crippen LogP contribution in [0.15, 0.2) is 16.6 Å². The van der Waals surface area contributed by atoms with Crippen LogP contribution >= 0.6 is 15.9 Å². The maximum atomic E-state index is 13.1. The van der Waals surface area contributed by atoms with Crippen molar-refractivity contribution >= 4 is 15.9 Å². The van der Waals surface area contributed by atoms with Crippen LogP contribution in [0.1, 0.15) is 24.3 Å². The molecule has 0 radical (unpaired) electrons. The Balaban J connectivity index is 2.47. The summed E-state index contributed by atoms with van der Waals surface area (Å²) in [7, 11) is 0. The molecule has 0 heterocycles. The van der Waals surface area contributed by atoms with E-state index in [0.717, 1.165) is 18.9 Å². The smallest absolute Gasteiger partial charge is 0.140 e. The van der Waals surface area contributed by atoms with Gasteiger partial charge in [-0.3, -0.25) is 0 Å². The lowest BCUT2D eigenvalue weighted by Crippen LogP contribution is -1.89. The molecule has 1 saturated carbocycles. The van der Waals surface area contributed by atoms with Crippen LogP contribution < -0.4 is 0 Å². The number of rotatable bonds is 1. The number of hydrogen-bond acceptors (Lipinski definition) is 0. The number of hydrogen-bond donors (Lipinski definition) is 0. The largest absolute Gasteiger partial charge is 0.207 e. The van der Waals surface area contributed by atoms with Crippen molar-refractivity contribution < 1.29 is 8.78 Å². The van der Waals surface area contributed by atoms with E-state index in [1.165, 1.54) is 0 Å². The normalized spacial score (nSPS) is 16.6. The van der Waals surface area contributed by atoms with Crippen LogP contribution in [0.5, 0.6) is 0 Å². The summed E-state index contributed by atoms with van der Waals surface area (Å²) in [6, 6.07) is 2.49. The first-order chi connectivity index (χ1) is 5.68. The van der Waals surface area contributed by atoms with Gasteiger partial charge in [-0.25, -0.2) is 8.78 Å². The Bertz CT molecular complexity index is 319. The third kappa shape index (κ3) is 1.38. The average molecular weight is 233 g/mol. The van der Waals surface area contributed by atoms with Gasteiger partial charge in [0.05, 0.1) is 4.47 Å². The standard InChI is InChI=1S/C9H7BrF2/c10-7-3-6(5-1-2-5)8(11)4-9(7)12/h3-5H,1-2H2. The van der Waals surface area contributed by atoms with Gasteiger partial charge in [-0.05, 0) is 46.3 Å². The Kier molecular flexibility index (Phi) is 1.91. The fourth-order valence-corrected chi connectivity index (χ4v) is 1.61. The topological polar surface area (TPSA) is 0 Å². The Morgan fingerprint density at radius 2 is 1.83 bits per heavy atom. The first-order valence-corrected chi connectivity index (χ1v) is 4.62. The molecule has 1 aromatic rings. The highest BCUT2D eigenvalue weighted by molar-refractivity contribution is 9.10. The van der Waals surface area contributed by atoms with Crippen molar-refractivity contribution in [2.45, 2.75) is 18.8 Å². The van der Waals surface area contributed by atoms with E-state index in [0.29, 0.717) is 16.0 Å². The van der Waals surface area contributed by atoms with E-state index in [9.17, 15) is 8.78 Å². The monoisotopic (exact) mass is 232 g/mol. The molecule has 0 bridgehead atoms. The van der Waals surface area contributed by atoms with E-state index < -0.39 is 11.6 Å². The Labute approximate surface area is 77.7 Å². The van der Waals surface area contributed by atoms with Crippen LogP contribution in [0, 0.1) is 11.6 Å². The van der Waals surface area contributed by atoms with Crippen LogP contribution in [0.25, 0.3) is 0 Å². The zero-order valence-corrected chi connectivity index (χ0v) is 7.87. The van der Waals surface area contributed by atoms with Crippen LogP contribution in [0.2, 0.25) is 0 Å². The second-order valence-corrected chi connectivity index (χ2v) is 3.92. The van der Waals surface area contributed by atoms with Gasteiger partial charge in [0.25, 0.3) is 0 Å². The molecule has 12 heavy (non-hydrogen) atoms. The third-order valence-corrected chi connectivity index (χ3v) is 2.66. The van der Waals surface area contributed by atoms with Crippen LogP contribution in [-0.2, 0) is 0 Å². The fourth-order valence-electron chi connectivity index (χ4n) is 1.25. The Hall–Kier alpha value is -0.440. The van der Waals surface area contributed by atoms with Crippen molar-refractivity contribution in [3.63, 3.8) is 0 Å². The Morgan fingerprint density at radius 1 is 1.17 bits per heavy atom. The molecule has 1 fully saturated rings. The van der Waals surface area contributed by atoms with E-state index in [2.05, 4.69) is 15.9 Å². The zero-order chi connectivity index (χ0) is 8.72. The van der Waals surface area contributed by atoms with E-state index in [4.69, 9.17) is 0 Å². The molecule has 0 amide bonds. The molecule has 1 aliphatic carbocycles. The van der Waals surface area contributed by atoms with Crippen molar-refractivity contribution in [1.29, 1.82) is 0 Å². The summed E-state index contributed by atoms with van der Waals surface area (Å²) in [5.41, 5.74) is 0.642. The molecule has 0 saturated heterocycles. The second-order valence-electron chi connectivity index (χ2n) is 3.06. The molecular weight excluding hydrogens is 226 g/mol. The lowest BCUT2D eigenvalue weighted by Gasteiger charge is -2.01. The highest BCUT2D eigenvalue weighted by Gasteiger charge is 2.27. The summed E-state index contributed by atoms with van der Waals surface area (Å²) < 4.78 is 26.2. The lowest BCUT2D eigenvalue weighted by molar-refractivity contribution is 0.568. The first-order valence-electron chi connectivity index (χ1n) is 3.83. The van der Waals surface area contributed by atoms with Crippen LogP contribution in [-0.4, -0.2) is 0 Å². The molecule has 0 unspecified atom stereocenters. The SMILES string of the molecule is Fc1cc(F)c(C2CC2)cc1Br. The summed E-state index contributed by atoms with van der Waals surface area (Å²) in [6.45, 7) is 0. The maximum absolute atomic E-state index is 13.1. The second kappa shape index (κ2) is 2.80. The van der Waals surface area contributed by atoms with E-state index >= 15 is 0 Å². The van der Waals surface area contributed by atoms with E-state index in [1.807, 2.05) is 0 Å². The van der Waals surface area contributed by atoms with Gasteiger partial charge in [-0.1, -0.05) is 0 Å². The summed E-state index contributed by atoms with van der Waals surface area (Å²) in [5, 5.41) is 0. The molecule has 64 valence electrons. The van der Waals surface area contributed by atoms with Crippen molar-refractivity contribution in [2.24, 2.45) is 0 Å². The van der Waals surface area contributed by atoms with Crippen LogP contribution in [0.4, 0.5) is 8.78 Å². The summed E-state index contributed by atoms with van der Waals surface area (Å²) in [6.07, 6.45) is 2.05. The van der Waals surface area contributed by atoms with Crippen molar-refractivity contribution in [3.05, 3.63) is 33.8 Å². The van der Waals surface area contributed by atoms with Gasteiger partial charge < -0.3 is 0 Å². The van der Waals surface area contributed by atoms with Crippen molar-refractivity contribution in [2.75, 3.05) is 0 Å². The minimum atomic E-state index is -0.531. The lowest BCUT2D eigenvalue weighted by atomic mass is 10.1. The summed E-state index contributed by atoms with van der Waals surface area (Å²) in [4.78, 5) is 0. The summed E-state index contributed by atoms with van der Waals surface area (Å²) >= 11 is 3.03. The van der Waals surface area contributed by atoms with E-state index in [-0.39, 0.29) is 0 Å². The zero-order valence-electron chi connectivity index (χ0n) is 6.28. The van der Waals surface area contributed by atoms with Gasteiger partial charge >= 0.3 is 0 Å². The molecular formula is C9H7BrF2. The van der Waals surface area contributed by atoms with Gasteiger partial charge in [-0.15, -0.1) is 0 Å². The highest BCUT2D eigenvalue weighted by atomic mass is 79.9. The van der Waals surface area contributed by atoms with E-state index in [1.54, 1.807) is 6.07 Å². The minimum absolute atomic E-state index is 0.321. The molecule has 2 rings (SSSR count). The number of benzene rings is 1. The van der Waals surface area contributed by atoms with Gasteiger partial charge in [-0.2, -0.15) is 0 Å². The van der Waals surface area contributed by atoms with Gasteiger partial charge in [0.15, 0.2) is 0 Å². The van der Waals surface area contributed by atoms with Gasteiger partial charge in [0.2, 0.25) is 0 Å². The molecule has 1 aliphatic rings. The molecule has 0 atom stereocenters. The van der Waals surface area contributed by atoms with Crippen LogP contribution in [0.3, 0.4) is 0 Å². The van der Waals surface area contributed by atoms with Crippen molar-refractivity contribution in [1.82, 2.24) is 0 Å². The third-order valence-electron chi connectivity index (χ3n) is 2.06. The molecule has 0 N–H and O–H groups in total. The average Bonchev–Trinajstić information content (AvgIpc) is 2.79. The highest BCUT2D eigenvalue weighted by Crippen LogP contribution is 2.42. The fraction of sp³-hybridized carbons (Fsp3) is 0.333. The molecule has 0 aromatic heterocycles. The molecule has 1 aromatic carbocycles. The number of halogens is 3. The van der Waals surface area contributed by atoms with Gasteiger partial charge in [0.1, 0.15) is 11.6 Å². The first kappa shape index (κ1) is 8.17. The minimum Gasteiger partial charge on any atom is -0.207 e. The molecule has 0 nitrogen and oxygen atoms in total. The molecule has 0 aliphatic heterocycles. The summed E-state index contributed by atoms with van der Waals surface area (Å²) in [5.74, 6) is -0.628. The maximum Gasteiger partial charge on any atom is 0.140 e. The molecule has 0 spiro atoms. The van der Waals surface area contributed by atoms with Crippen molar-refractivity contribution in [3.8, 4) is 0 Å². The predicted octanol–water partition coefficient (Wildman–Crippen LogP) is 3.60.